The summed E-state index contributed by atoms with van der Waals surface area (Å²) >= 11 is 7.87. The molecule has 0 atom stereocenters. The summed E-state index contributed by atoms with van der Waals surface area (Å²) < 4.78 is 12.9. The number of ether oxygens (including phenoxy) is 2. The number of hydrogen-bond acceptors (Lipinski definition) is 6. The van der Waals surface area contributed by atoms with E-state index in [2.05, 4.69) is 15.3 Å². The molecule has 2 heterocycles. The monoisotopic (exact) mass is 398 g/mol. The summed E-state index contributed by atoms with van der Waals surface area (Å²) in [5, 5.41) is 13.5. The van der Waals surface area contributed by atoms with Crippen LogP contribution in [0.4, 0.5) is 0 Å². The van der Waals surface area contributed by atoms with E-state index in [9.17, 15) is 0 Å². The van der Waals surface area contributed by atoms with E-state index in [1.54, 1.807) is 41.6 Å². The van der Waals surface area contributed by atoms with Crippen molar-refractivity contribution in [1.29, 1.82) is 0 Å². The molecule has 0 saturated heterocycles. The van der Waals surface area contributed by atoms with Crippen LogP contribution in [0.1, 0.15) is 0 Å². The molecule has 0 fully saturated rings. The Labute approximate surface area is 165 Å². The fourth-order valence-corrected chi connectivity index (χ4v) is 3.37. The van der Waals surface area contributed by atoms with Crippen LogP contribution in [0, 0.1) is 0 Å². The molecule has 0 radical (unpaired) electrons. The second-order valence-corrected chi connectivity index (χ2v) is 6.82. The number of aromatic nitrogens is 4. The lowest BCUT2D eigenvalue weighted by molar-refractivity contribution is 0.408. The molecule has 0 aliphatic heterocycles. The van der Waals surface area contributed by atoms with Gasteiger partial charge in [0, 0.05) is 11.6 Å². The predicted octanol–water partition coefficient (Wildman–Crippen LogP) is 4.97. The van der Waals surface area contributed by atoms with Gasteiger partial charge in [-0.05, 0) is 42.7 Å². The van der Waals surface area contributed by atoms with Gasteiger partial charge in [0.2, 0.25) is 5.88 Å². The highest BCUT2D eigenvalue weighted by molar-refractivity contribution is 7.98. The van der Waals surface area contributed by atoms with Crippen molar-refractivity contribution < 1.29 is 9.47 Å². The van der Waals surface area contributed by atoms with Crippen molar-refractivity contribution in [2.24, 2.45) is 0 Å². The number of hydrogen-bond donors (Lipinski definition) is 0. The molecule has 0 aliphatic rings. The van der Waals surface area contributed by atoms with Crippen LogP contribution in [0.5, 0.6) is 17.4 Å². The van der Waals surface area contributed by atoms with Gasteiger partial charge in [0.15, 0.2) is 11.5 Å². The molecule has 0 spiro atoms. The van der Waals surface area contributed by atoms with Crippen LogP contribution >= 0.6 is 23.4 Å². The standard InChI is InChI=1S/C19H15ClN4O2S/c1-25-12-7-8-15(16(11-12)27-2)26-18-10-9-17-21-22-19(24(17)23-18)13-5-3-4-6-14(13)20/h3-11H,1-2H3. The van der Waals surface area contributed by atoms with Crippen molar-refractivity contribution in [3.63, 3.8) is 0 Å². The highest BCUT2D eigenvalue weighted by atomic mass is 35.5. The zero-order chi connectivity index (χ0) is 18.8. The fraction of sp³-hybridized carbons (Fsp3) is 0.105. The van der Waals surface area contributed by atoms with Gasteiger partial charge in [0.05, 0.1) is 17.0 Å². The fourth-order valence-electron chi connectivity index (χ4n) is 2.61. The maximum Gasteiger partial charge on any atom is 0.237 e. The van der Waals surface area contributed by atoms with Gasteiger partial charge in [0.1, 0.15) is 11.5 Å². The summed E-state index contributed by atoms with van der Waals surface area (Å²) in [6.07, 6.45) is 1.98. The van der Waals surface area contributed by atoms with E-state index < -0.39 is 0 Å². The maximum atomic E-state index is 6.30. The normalized spacial score (nSPS) is 10.9. The molecule has 0 unspecified atom stereocenters. The summed E-state index contributed by atoms with van der Waals surface area (Å²) in [5.74, 6) is 2.45. The molecule has 6 nitrogen and oxygen atoms in total. The molecule has 2 aromatic heterocycles. The second kappa shape index (κ2) is 7.46. The Bertz CT molecular complexity index is 1120. The van der Waals surface area contributed by atoms with E-state index in [1.165, 1.54) is 0 Å². The molecule has 0 aliphatic carbocycles. The lowest BCUT2D eigenvalue weighted by Crippen LogP contribution is -1.98. The zero-order valence-corrected chi connectivity index (χ0v) is 16.2. The average Bonchev–Trinajstić information content (AvgIpc) is 3.11. The van der Waals surface area contributed by atoms with Crippen LogP contribution in [-0.2, 0) is 0 Å². The number of methoxy groups -OCH3 is 1. The van der Waals surface area contributed by atoms with Gasteiger partial charge in [-0.1, -0.05) is 23.7 Å². The van der Waals surface area contributed by atoms with Crippen LogP contribution in [0.25, 0.3) is 17.0 Å². The molecule has 0 amide bonds. The summed E-state index contributed by atoms with van der Waals surface area (Å²) in [5.41, 5.74) is 1.36. The SMILES string of the molecule is COc1ccc(Oc2ccc3nnc(-c4ccccc4Cl)n3n2)c(SC)c1. The summed E-state index contributed by atoms with van der Waals surface area (Å²) in [6.45, 7) is 0. The number of nitrogens with zero attached hydrogens (tertiary/aromatic N) is 4. The molecule has 0 bridgehead atoms. The number of thioether (sulfide) groups is 1. The Balaban J connectivity index is 1.74. The molecule has 0 saturated carbocycles. The molecule has 27 heavy (non-hydrogen) atoms. The summed E-state index contributed by atoms with van der Waals surface area (Å²) in [6, 6.07) is 16.6. The molecule has 4 rings (SSSR count). The number of benzene rings is 2. The van der Waals surface area contributed by atoms with Gasteiger partial charge in [-0.2, -0.15) is 4.52 Å². The van der Waals surface area contributed by atoms with Crippen molar-refractivity contribution in [1.82, 2.24) is 19.8 Å². The first-order valence-corrected chi connectivity index (χ1v) is 9.67. The van der Waals surface area contributed by atoms with Gasteiger partial charge in [0.25, 0.3) is 0 Å². The third-order valence-electron chi connectivity index (χ3n) is 3.94. The van der Waals surface area contributed by atoms with E-state index in [0.717, 1.165) is 16.2 Å². The van der Waals surface area contributed by atoms with Gasteiger partial charge < -0.3 is 9.47 Å². The third-order valence-corrected chi connectivity index (χ3v) is 5.03. The largest absolute Gasteiger partial charge is 0.497 e. The minimum atomic E-state index is 0.427. The van der Waals surface area contributed by atoms with Crippen LogP contribution in [0.3, 0.4) is 0 Å². The highest BCUT2D eigenvalue weighted by Gasteiger charge is 2.14. The topological polar surface area (TPSA) is 61.5 Å². The van der Waals surface area contributed by atoms with Crippen LogP contribution in [-0.4, -0.2) is 33.2 Å². The number of halogens is 1. The Morgan fingerprint density at radius 1 is 1.04 bits per heavy atom. The van der Waals surface area contributed by atoms with Crippen LogP contribution in [0.15, 0.2) is 59.5 Å². The first-order chi connectivity index (χ1) is 13.2. The van der Waals surface area contributed by atoms with Crippen molar-refractivity contribution in [3.05, 3.63) is 59.6 Å². The molecule has 8 heteroatoms. The summed E-state index contributed by atoms with van der Waals surface area (Å²) in [4.78, 5) is 0.950. The van der Waals surface area contributed by atoms with Gasteiger partial charge in [-0.15, -0.1) is 27.1 Å². The molecule has 136 valence electrons. The van der Waals surface area contributed by atoms with Crippen LogP contribution < -0.4 is 9.47 Å². The van der Waals surface area contributed by atoms with E-state index in [-0.39, 0.29) is 0 Å². The Hall–Kier alpha value is -2.77. The molecule has 4 aromatic rings. The lowest BCUT2D eigenvalue weighted by Gasteiger charge is -2.10. The zero-order valence-electron chi connectivity index (χ0n) is 14.6. The Morgan fingerprint density at radius 2 is 1.89 bits per heavy atom. The first-order valence-electron chi connectivity index (χ1n) is 8.07. The van der Waals surface area contributed by atoms with E-state index >= 15 is 0 Å². The Morgan fingerprint density at radius 3 is 2.67 bits per heavy atom. The highest BCUT2D eigenvalue weighted by Crippen LogP contribution is 2.34. The summed E-state index contributed by atoms with van der Waals surface area (Å²) in [7, 11) is 1.64. The van der Waals surface area contributed by atoms with Gasteiger partial charge in [-0.25, -0.2) is 0 Å². The molecular formula is C19H15ClN4O2S. The first kappa shape index (κ1) is 17.6. The van der Waals surface area contributed by atoms with Gasteiger partial charge >= 0.3 is 0 Å². The molecule has 2 aromatic carbocycles. The van der Waals surface area contributed by atoms with Crippen molar-refractivity contribution in [2.45, 2.75) is 4.90 Å². The van der Waals surface area contributed by atoms with E-state index in [0.29, 0.717) is 28.1 Å². The number of fused-ring (bicyclic) bond motifs is 1. The van der Waals surface area contributed by atoms with E-state index in [4.69, 9.17) is 21.1 Å². The van der Waals surface area contributed by atoms with Gasteiger partial charge in [-0.3, -0.25) is 0 Å². The smallest absolute Gasteiger partial charge is 0.237 e. The van der Waals surface area contributed by atoms with E-state index in [1.807, 2.05) is 42.7 Å². The molecule has 0 N–H and O–H groups in total. The van der Waals surface area contributed by atoms with Crippen molar-refractivity contribution in [2.75, 3.05) is 13.4 Å². The van der Waals surface area contributed by atoms with Crippen molar-refractivity contribution in [3.8, 4) is 28.8 Å². The number of rotatable bonds is 5. The average molecular weight is 399 g/mol. The third kappa shape index (κ3) is 3.43. The van der Waals surface area contributed by atoms with Crippen molar-refractivity contribution >= 4 is 29.0 Å². The Kier molecular flexibility index (Phi) is 4.87. The van der Waals surface area contributed by atoms with Crippen LogP contribution in [0.2, 0.25) is 5.02 Å². The predicted molar refractivity (Wildman–Crippen MR) is 106 cm³/mol. The lowest BCUT2D eigenvalue weighted by atomic mass is 10.2. The second-order valence-electron chi connectivity index (χ2n) is 5.56. The maximum absolute atomic E-state index is 6.30. The molecular weight excluding hydrogens is 384 g/mol. The minimum Gasteiger partial charge on any atom is -0.497 e. The minimum absolute atomic E-state index is 0.427. The quantitative estimate of drug-likeness (QED) is 0.442.